The Morgan fingerprint density at radius 3 is 2.40 bits per heavy atom. The van der Waals surface area contributed by atoms with Gasteiger partial charge in [0, 0.05) is 23.6 Å². The fourth-order valence-corrected chi connectivity index (χ4v) is 2.73. The normalized spacial score (nSPS) is 18.6. The number of hydrogen-bond acceptors (Lipinski definition) is 9. The molecular formula is C15H15N3O7. The summed E-state index contributed by atoms with van der Waals surface area (Å²) in [6, 6.07) is 3.44. The van der Waals surface area contributed by atoms with Crippen LogP contribution < -0.4 is 16.2 Å². The Kier molecular flexibility index (Phi) is 4.72. The third kappa shape index (κ3) is 3.13. The van der Waals surface area contributed by atoms with Gasteiger partial charge in [0.2, 0.25) is 0 Å². The van der Waals surface area contributed by atoms with Crippen molar-refractivity contribution in [1.29, 1.82) is 0 Å². The lowest BCUT2D eigenvalue weighted by atomic mass is 9.76. The molecule has 0 aromatic heterocycles. The van der Waals surface area contributed by atoms with Crippen LogP contribution in [0.1, 0.15) is 18.4 Å². The number of nitro benzene ring substituents is 1. The van der Waals surface area contributed by atoms with E-state index in [0.717, 1.165) is 26.2 Å². The van der Waals surface area contributed by atoms with Crippen molar-refractivity contribution in [3.8, 4) is 5.75 Å². The molecule has 0 saturated carbocycles. The van der Waals surface area contributed by atoms with Gasteiger partial charge in [0.05, 0.1) is 17.6 Å². The highest BCUT2D eigenvalue weighted by Crippen LogP contribution is 2.44. The minimum absolute atomic E-state index is 0.0271. The van der Waals surface area contributed by atoms with E-state index in [9.17, 15) is 24.5 Å². The van der Waals surface area contributed by atoms with E-state index in [-0.39, 0.29) is 22.6 Å². The molecule has 10 nitrogen and oxygen atoms in total. The number of nitro groups is 1. The van der Waals surface area contributed by atoms with Gasteiger partial charge in [0.1, 0.15) is 23.3 Å². The average molecular weight is 349 g/mol. The highest BCUT2D eigenvalue weighted by Gasteiger charge is 2.46. The van der Waals surface area contributed by atoms with Crippen molar-refractivity contribution < 1.29 is 28.8 Å². The van der Waals surface area contributed by atoms with Gasteiger partial charge in [-0.1, -0.05) is 0 Å². The van der Waals surface area contributed by atoms with Gasteiger partial charge in [-0.05, 0) is 13.0 Å². The molecule has 2 rings (SSSR count). The summed E-state index contributed by atoms with van der Waals surface area (Å²) >= 11 is 0. The molecule has 1 heterocycles. The lowest BCUT2D eigenvalue weighted by Gasteiger charge is -2.31. The van der Waals surface area contributed by atoms with Crippen molar-refractivity contribution >= 4 is 23.4 Å². The van der Waals surface area contributed by atoms with Crippen LogP contribution in [0.15, 0.2) is 29.6 Å². The summed E-state index contributed by atoms with van der Waals surface area (Å²) < 4.78 is 9.70. The highest BCUT2D eigenvalue weighted by molar-refractivity contribution is 6.04. The van der Waals surface area contributed by atoms with Gasteiger partial charge in [-0.3, -0.25) is 19.7 Å². The Balaban J connectivity index is 2.79. The first-order valence-electron chi connectivity index (χ1n) is 7.03. The zero-order valence-electron chi connectivity index (χ0n) is 13.3. The molecule has 0 radical (unpaired) electrons. The zero-order chi connectivity index (χ0) is 18.9. The molecule has 2 unspecified atom stereocenters. The predicted molar refractivity (Wildman–Crippen MR) is 83.1 cm³/mol. The van der Waals surface area contributed by atoms with Crippen LogP contribution in [0.3, 0.4) is 0 Å². The third-order valence-electron chi connectivity index (χ3n) is 3.80. The van der Waals surface area contributed by atoms with E-state index in [4.69, 9.17) is 16.2 Å². The molecule has 4 N–H and O–H groups in total. The van der Waals surface area contributed by atoms with E-state index in [1.807, 2.05) is 0 Å². The third-order valence-corrected chi connectivity index (χ3v) is 3.80. The summed E-state index contributed by atoms with van der Waals surface area (Å²) in [5.74, 6) is -5.67. The molecule has 10 heteroatoms. The Morgan fingerprint density at radius 1 is 1.28 bits per heavy atom. The lowest BCUT2D eigenvalue weighted by Crippen LogP contribution is -2.40. The quantitative estimate of drug-likeness (QED) is 0.191. The van der Waals surface area contributed by atoms with Gasteiger partial charge < -0.3 is 20.9 Å². The van der Waals surface area contributed by atoms with Gasteiger partial charge in [-0.15, -0.1) is 0 Å². The molecular weight excluding hydrogens is 334 g/mol. The Morgan fingerprint density at radius 2 is 1.92 bits per heavy atom. The number of Topliss-reactive ketones (excluding diaryl/α,β-unsaturated/α-hetero) is 1. The van der Waals surface area contributed by atoms with Crippen LogP contribution in [0.2, 0.25) is 0 Å². The minimum Gasteiger partial charge on any atom is -0.466 e. The van der Waals surface area contributed by atoms with E-state index in [0.29, 0.717) is 0 Å². The van der Waals surface area contributed by atoms with Crippen LogP contribution in [0, 0.1) is 16.0 Å². The lowest BCUT2D eigenvalue weighted by molar-refractivity contribution is -0.385. The largest absolute Gasteiger partial charge is 0.466 e. The second-order valence-electron chi connectivity index (χ2n) is 5.33. The first kappa shape index (κ1) is 17.9. The molecule has 25 heavy (non-hydrogen) atoms. The SMILES string of the molecule is COC(=O)C(=C(N)N)C1c2cc([N+](=O)[O-])ccc2OC(=O)C1C(C)=O. The molecule has 1 aliphatic heterocycles. The van der Waals surface area contributed by atoms with E-state index in [1.54, 1.807) is 0 Å². The maximum absolute atomic E-state index is 12.2. The fraction of sp³-hybridized carbons (Fsp3) is 0.267. The molecule has 2 atom stereocenters. The summed E-state index contributed by atoms with van der Waals surface area (Å²) in [6.45, 7) is 1.13. The van der Waals surface area contributed by atoms with Gasteiger partial charge in [-0.2, -0.15) is 0 Å². The van der Waals surface area contributed by atoms with Crippen molar-refractivity contribution in [1.82, 2.24) is 0 Å². The standard InChI is InChI=1S/C15H15N3O7/c1-6(19)10-11(12(13(16)17)14(20)24-2)8-5-7(18(22)23)3-4-9(8)25-15(10)21/h3-5,10-11H,16-17H2,1-2H3. The van der Waals surface area contributed by atoms with Crippen LogP contribution in [0.5, 0.6) is 5.75 Å². The van der Waals surface area contributed by atoms with Crippen molar-refractivity contribution in [2.45, 2.75) is 12.8 Å². The number of ether oxygens (including phenoxy) is 2. The van der Waals surface area contributed by atoms with E-state index < -0.39 is 40.3 Å². The second kappa shape index (κ2) is 6.59. The van der Waals surface area contributed by atoms with Gasteiger partial charge in [0.25, 0.3) is 5.69 Å². The Labute approximate surface area is 141 Å². The first-order valence-corrected chi connectivity index (χ1v) is 7.03. The molecule has 1 aromatic carbocycles. The molecule has 0 bridgehead atoms. The molecule has 0 fully saturated rings. The Hall–Kier alpha value is -3.43. The van der Waals surface area contributed by atoms with Crippen molar-refractivity contribution in [2.75, 3.05) is 7.11 Å². The summed E-state index contributed by atoms with van der Waals surface area (Å²) in [5.41, 5.74) is 10.6. The summed E-state index contributed by atoms with van der Waals surface area (Å²) in [5, 5.41) is 11.0. The number of methoxy groups -OCH3 is 1. The van der Waals surface area contributed by atoms with Crippen molar-refractivity contribution in [3.63, 3.8) is 0 Å². The number of ketones is 1. The smallest absolute Gasteiger partial charge is 0.338 e. The predicted octanol–water partition coefficient (Wildman–Crippen LogP) is 0.105. The van der Waals surface area contributed by atoms with Crippen molar-refractivity contribution in [2.24, 2.45) is 17.4 Å². The number of benzene rings is 1. The number of fused-ring (bicyclic) bond motifs is 1. The molecule has 0 spiro atoms. The minimum atomic E-state index is -1.44. The number of non-ortho nitro benzene ring substituents is 1. The van der Waals surface area contributed by atoms with Gasteiger partial charge >= 0.3 is 11.9 Å². The number of esters is 2. The van der Waals surface area contributed by atoms with Gasteiger partial charge in [0.15, 0.2) is 0 Å². The second-order valence-corrected chi connectivity index (χ2v) is 5.33. The van der Waals surface area contributed by atoms with E-state index >= 15 is 0 Å². The van der Waals surface area contributed by atoms with E-state index in [2.05, 4.69) is 4.74 Å². The number of rotatable bonds is 4. The molecule has 132 valence electrons. The van der Waals surface area contributed by atoms with Crippen LogP contribution in [-0.4, -0.2) is 29.8 Å². The highest BCUT2D eigenvalue weighted by atomic mass is 16.6. The first-order chi connectivity index (χ1) is 11.7. The number of carbonyl (C=O) groups excluding carboxylic acids is 3. The molecule has 1 aromatic rings. The van der Waals surface area contributed by atoms with Crippen molar-refractivity contribution in [3.05, 3.63) is 45.3 Å². The Bertz CT molecular complexity index is 811. The fourth-order valence-electron chi connectivity index (χ4n) is 2.73. The number of carbonyl (C=O) groups is 3. The van der Waals surface area contributed by atoms with Crippen LogP contribution in [0.25, 0.3) is 0 Å². The molecule has 0 aliphatic carbocycles. The van der Waals surface area contributed by atoms with Crippen LogP contribution in [0.4, 0.5) is 5.69 Å². The summed E-state index contributed by atoms with van der Waals surface area (Å²) in [6.07, 6.45) is 0. The van der Waals surface area contributed by atoms with E-state index in [1.165, 1.54) is 6.07 Å². The van der Waals surface area contributed by atoms with Crippen LogP contribution >= 0.6 is 0 Å². The topological polar surface area (TPSA) is 165 Å². The number of hydrogen-bond donors (Lipinski definition) is 2. The summed E-state index contributed by atoms with van der Waals surface area (Å²) in [7, 11) is 1.07. The molecule has 1 aliphatic rings. The molecule has 0 saturated heterocycles. The number of nitrogens with two attached hydrogens (primary N) is 2. The monoisotopic (exact) mass is 349 g/mol. The average Bonchev–Trinajstić information content (AvgIpc) is 2.53. The molecule has 0 amide bonds. The summed E-state index contributed by atoms with van der Waals surface area (Å²) in [4.78, 5) is 46.7. The van der Waals surface area contributed by atoms with Crippen LogP contribution in [-0.2, 0) is 19.1 Å². The van der Waals surface area contributed by atoms with Gasteiger partial charge in [-0.25, -0.2) is 4.79 Å². The number of nitrogens with zero attached hydrogens (tertiary/aromatic N) is 1. The zero-order valence-corrected chi connectivity index (χ0v) is 13.3. The maximum atomic E-state index is 12.2. The maximum Gasteiger partial charge on any atom is 0.338 e.